The Hall–Kier alpha value is -5.66. The maximum atomic E-state index is 15.5. The van der Waals surface area contributed by atoms with Gasteiger partial charge in [-0.15, -0.1) is 0 Å². The van der Waals surface area contributed by atoms with Crippen LogP contribution in [-0.4, -0.2) is 113 Å². The van der Waals surface area contributed by atoms with E-state index in [4.69, 9.17) is 21.6 Å². The number of ether oxygens (including phenoxy) is 1. The molecule has 1 atom stereocenters. The van der Waals surface area contributed by atoms with Crippen LogP contribution in [0.2, 0.25) is 5.02 Å². The molecule has 5 amide bonds. The minimum Gasteiger partial charge on any atom is -0.490 e. The van der Waals surface area contributed by atoms with E-state index in [9.17, 15) is 24.0 Å². The Morgan fingerprint density at radius 2 is 1.62 bits per heavy atom. The highest BCUT2D eigenvalue weighted by Gasteiger charge is 2.48. The van der Waals surface area contributed by atoms with Crippen molar-refractivity contribution in [2.45, 2.75) is 88.4 Å². The first-order valence-electron chi connectivity index (χ1n) is 20.8. The summed E-state index contributed by atoms with van der Waals surface area (Å²) in [4.78, 5) is 80.2. The summed E-state index contributed by atoms with van der Waals surface area (Å²) >= 11 is 6.15. The summed E-state index contributed by atoms with van der Waals surface area (Å²) < 4.78 is 21.6. The number of nitriles is 1. The van der Waals surface area contributed by atoms with Gasteiger partial charge in [-0.1, -0.05) is 11.6 Å². The number of carbonyl (C=O) groups is 5. The van der Waals surface area contributed by atoms with Crippen LogP contribution in [0.3, 0.4) is 0 Å². The van der Waals surface area contributed by atoms with Crippen molar-refractivity contribution in [2.24, 2.45) is 5.41 Å². The zero-order valence-corrected chi connectivity index (χ0v) is 33.8. The number of hydrogen-bond acceptors (Lipinski definition) is 12. The van der Waals surface area contributed by atoms with Crippen LogP contribution in [0.25, 0.3) is 0 Å². The molecule has 2 N–H and O–H groups in total. The van der Waals surface area contributed by atoms with E-state index < -0.39 is 35.5 Å². The molecule has 312 valence electrons. The van der Waals surface area contributed by atoms with Crippen molar-refractivity contribution in [1.29, 1.82) is 5.26 Å². The summed E-state index contributed by atoms with van der Waals surface area (Å²) in [5, 5.41) is 14.7. The molecule has 2 aromatic carbocycles. The van der Waals surface area contributed by atoms with E-state index in [0.29, 0.717) is 35.5 Å². The summed E-state index contributed by atoms with van der Waals surface area (Å²) in [5.41, 5.74) is 1.24. The quantitative estimate of drug-likeness (QED) is 0.309. The number of fused-ring (bicyclic) bond motifs is 1. The van der Waals surface area contributed by atoms with Gasteiger partial charge in [0.15, 0.2) is 0 Å². The van der Waals surface area contributed by atoms with Gasteiger partial charge in [0.2, 0.25) is 11.8 Å². The Labute approximate surface area is 351 Å². The van der Waals surface area contributed by atoms with E-state index in [2.05, 4.69) is 30.4 Å². The third-order valence-electron chi connectivity index (χ3n) is 13.3. The van der Waals surface area contributed by atoms with Crippen molar-refractivity contribution in [2.75, 3.05) is 49.1 Å². The Bertz CT molecular complexity index is 2270. The van der Waals surface area contributed by atoms with Crippen molar-refractivity contribution >= 4 is 52.6 Å². The molecule has 0 bridgehead atoms. The number of hydrogen-bond donors (Lipinski definition) is 2. The molecule has 1 aromatic heterocycles. The monoisotopic (exact) mass is 837 g/mol. The molecular formula is C43H45ClFN9O6. The number of aromatic nitrogens is 2. The summed E-state index contributed by atoms with van der Waals surface area (Å²) in [6, 6.07) is 8.96. The van der Waals surface area contributed by atoms with E-state index in [1.165, 1.54) is 6.07 Å². The molecular weight excluding hydrogens is 793 g/mol. The van der Waals surface area contributed by atoms with Crippen molar-refractivity contribution in [1.82, 2.24) is 30.4 Å². The number of anilines is 2. The Morgan fingerprint density at radius 1 is 0.900 bits per heavy atom. The number of nitrogens with zero attached hydrogens (tertiary/aromatic N) is 7. The van der Waals surface area contributed by atoms with Gasteiger partial charge < -0.3 is 19.9 Å². The van der Waals surface area contributed by atoms with E-state index in [-0.39, 0.29) is 58.8 Å². The first-order valence-corrected chi connectivity index (χ1v) is 21.1. The molecule has 17 heteroatoms. The lowest BCUT2D eigenvalue weighted by atomic mass is 9.71. The largest absolute Gasteiger partial charge is 0.490 e. The Kier molecular flexibility index (Phi) is 10.7. The second kappa shape index (κ2) is 16.1. The van der Waals surface area contributed by atoms with Crippen LogP contribution in [0, 0.1) is 22.6 Å². The van der Waals surface area contributed by atoms with Gasteiger partial charge in [0, 0.05) is 63.8 Å². The van der Waals surface area contributed by atoms with Crippen molar-refractivity contribution in [3.05, 3.63) is 75.9 Å². The number of likely N-dealkylation sites (tertiary alicyclic amines) is 1. The molecule has 6 heterocycles. The molecule has 6 aliphatic rings. The van der Waals surface area contributed by atoms with Crippen molar-refractivity contribution < 1.29 is 33.1 Å². The molecule has 4 saturated heterocycles. The minimum absolute atomic E-state index is 0.00990. The molecule has 60 heavy (non-hydrogen) atoms. The number of carbonyl (C=O) groups excluding carboxylic acids is 5. The second-order valence-corrected chi connectivity index (χ2v) is 17.4. The standard InChI is InChI=1S/C43H45ClFN9O6/c44-32-17-29(4-1-25(32)20-46)60-28-5-2-26(3-6-28)49-39(56)34-21-48-37(22-47-34)52-15-11-43(12-16-52)23-53(24-43)27-9-13-51(14-10-27)36-19-31-30(18-33(36)45)41(58)54(42(31)59)35-7-8-38(55)50-40(35)57/h1,4,17-19,21-22,26-28,35H,2-3,5-16,23-24H2,(H,49,56)(H,50,55,57)/t26-,28-,35?. The van der Waals surface area contributed by atoms with Crippen LogP contribution in [0.1, 0.15) is 101 Å². The number of nitrogens with one attached hydrogen (secondary N) is 2. The summed E-state index contributed by atoms with van der Waals surface area (Å²) in [7, 11) is 0. The fourth-order valence-electron chi connectivity index (χ4n) is 9.83. The van der Waals surface area contributed by atoms with Gasteiger partial charge >= 0.3 is 0 Å². The maximum Gasteiger partial charge on any atom is 0.271 e. The van der Waals surface area contributed by atoms with Gasteiger partial charge in [0.25, 0.3) is 17.7 Å². The predicted molar refractivity (Wildman–Crippen MR) is 216 cm³/mol. The van der Waals surface area contributed by atoms with Crippen LogP contribution < -0.4 is 25.2 Å². The molecule has 15 nitrogen and oxygen atoms in total. The molecule has 5 aliphatic heterocycles. The lowest BCUT2D eigenvalue weighted by Crippen LogP contribution is -2.64. The minimum atomic E-state index is -1.10. The summed E-state index contributed by atoms with van der Waals surface area (Å²) in [5.74, 6) is -1.93. The number of halogens is 2. The van der Waals surface area contributed by atoms with E-state index in [0.717, 1.165) is 94.3 Å². The normalized spacial score (nSPS) is 24.5. The number of imide groups is 2. The fourth-order valence-corrected chi connectivity index (χ4v) is 10.0. The van der Waals surface area contributed by atoms with Crippen molar-refractivity contribution in [3.63, 3.8) is 0 Å². The molecule has 1 aliphatic carbocycles. The molecule has 1 saturated carbocycles. The highest BCUT2D eigenvalue weighted by atomic mass is 35.5. The third kappa shape index (κ3) is 7.64. The van der Waals surface area contributed by atoms with E-state index in [1.54, 1.807) is 30.6 Å². The number of piperidine rings is 3. The summed E-state index contributed by atoms with van der Waals surface area (Å²) in [6.45, 7) is 4.94. The van der Waals surface area contributed by atoms with Crippen molar-refractivity contribution in [3.8, 4) is 11.8 Å². The van der Waals surface area contributed by atoms with Crippen LogP contribution in [0.15, 0.2) is 42.7 Å². The number of amides is 5. The maximum absolute atomic E-state index is 15.5. The second-order valence-electron chi connectivity index (χ2n) is 17.0. The SMILES string of the molecule is N#Cc1ccc(O[C@H]2CC[C@H](NC(=O)c3cnc(N4CCC5(CC4)CN(C4CCN(c6cc7c(cc6F)C(=O)N(C6CCC(=O)NC6=O)C7=O)CC4)C5)cn3)CC2)cc1Cl. The average molecular weight is 838 g/mol. The van der Waals surface area contributed by atoms with Gasteiger partial charge in [-0.25, -0.2) is 14.4 Å². The lowest BCUT2D eigenvalue weighted by molar-refractivity contribution is -0.136. The molecule has 1 spiro atoms. The molecule has 3 aromatic rings. The first-order chi connectivity index (χ1) is 29.0. The Balaban J connectivity index is 0.709. The van der Waals surface area contributed by atoms with Crippen LogP contribution >= 0.6 is 11.6 Å². The number of rotatable bonds is 8. The van der Waals surface area contributed by atoms with Crippen LogP contribution in [0.4, 0.5) is 15.9 Å². The highest BCUT2D eigenvalue weighted by molar-refractivity contribution is 6.31. The molecule has 9 rings (SSSR count). The molecule has 0 radical (unpaired) electrons. The predicted octanol–water partition coefficient (Wildman–Crippen LogP) is 4.23. The van der Waals surface area contributed by atoms with Gasteiger partial charge in [-0.3, -0.25) is 39.1 Å². The van der Waals surface area contributed by atoms with Gasteiger partial charge in [0.05, 0.1) is 45.9 Å². The van der Waals surface area contributed by atoms with Crippen LogP contribution in [0.5, 0.6) is 5.75 Å². The van der Waals surface area contributed by atoms with E-state index in [1.807, 2.05) is 11.0 Å². The lowest BCUT2D eigenvalue weighted by Gasteiger charge is -2.57. The molecule has 1 unspecified atom stereocenters. The first kappa shape index (κ1) is 39.8. The zero-order valence-electron chi connectivity index (χ0n) is 33.0. The fraction of sp³-hybridized carbons (Fsp3) is 0.488. The smallest absolute Gasteiger partial charge is 0.271 e. The average Bonchev–Trinajstić information content (AvgIpc) is 3.47. The van der Waals surface area contributed by atoms with Crippen LogP contribution in [-0.2, 0) is 9.59 Å². The highest BCUT2D eigenvalue weighted by Crippen LogP contribution is 2.44. The topological polar surface area (TPSA) is 181 Å². The number of benzene rings is 2. The van der Waals surface area contributed by atoms with Gasteiger partial charge in [0.1, 0.15) is 35.2 Å². The van der Waals surface area contributed by atoms with E-state index >= 15 is 4.39 Å². The third-order valence-corrected chi connectivity index (χ3v) is 13.6. The Morgan fingerprint density at radius 3 is 2.27 bits per heavy atom. The molecule has 5 fully saturated rings. The van der Waals surface area contributed by atoms with Gasteiger partial charge in [-0.05, 0) is 87.5 Å². The summed E-state index contributed by atoms with van der Waals surface area (Å²) in [6.07, 6.45) is 10.2. The van der Waals surface area contributed by atoms with Gasteiger partial charge in [-0.2, -0.15) is 5.26 Å². The zero-order chi connectivity index (χ0) is 41.7.